The first-order valence-corrected chi connectivity index (χ1v) is 6.14. The summed E-state index contributed by atoms with van der Waals surface area (Å²) in [5.41, 5.74) is 1.13. The first kappa shape index (κ1) is 12.9. The van der Waals surface area contributed by atoms with E-state index < -0.39 is 0 Å². The Balaban J connectivity index is 2.98. The van der Waals surface area contributed by atoms with Crippen molar-refractivity contribution in [3.63, 3.8) is 0 Å². The SMILES string of the molecule is CCNc1cc(C(C)C)nc(CC(C)C)n1. The summed E-state index contributed by atoms with van der Waals surface area (Å²) in [6, 6.07) is 2.05. The monoisotopic (exact) mass is 221 g/mol. The second-order valence-electron chi connectivity index (χ2n) is 4.88. The molecule has 0 aliphatic carbocycles. The van der Waals surface area contributed by atoms with Crippen molar-refractivity contribution in [3.8, 4) is 0 Å². The summed E-state index contributed by atoms with van der Waals surface area (Å²) in [7, 11) is 0. The van der Waals surface area contributed by atoms with Gasteiger partial charge in [0.25, 0.3) is 0 Å². The van der Waals surface area contributed by atoms with Crippen LogP contribution in [0, 0.1) is 5.92 Å². The Bertz CT molecular complexity index is 332. The molecule has 0 aromatic carbocycles. The Kier molecular flexibility index (Phi) is 4.71. The van der Waals surface area contributed by atoms with Crippen LogP contribution in [0.3, 0.4) is 0 Å². The van der Waals surface area contributed by atoms with Gasteiger partial charge >= 0.3 is 0 Å². The number of nitrogens with zero attached hydrogens (tertiary/aromatic N) is 2. The molecule has 16 heavy (non-hydrogen) atoms. The quantitative estimate of drug-likeness (QED) is 0.829. The summed E-state index contributed by atoms with van der Waals surface area (Å²) in [5.74, 6) is 2.96. The van der Waals surface area contributed by atoms with Gasteiger partial charge in [-0.2, -0.15) is 0 Å². The third-order valence-electron chi connectivity index (χ3n) is 2.33. The van der Waals surface area contributed by atoms with Gasteiger partial charge in [0.2, 0.25) is 0 Å². The lowest BCUT2D eigenvalue weighted by atomic mass is 10.1. The molecule has 0 bridgehead atoms. The van der Waals surface area contributed by atoms with Gasteiger partial charge in [-0.3, -0.25) is 0 Å². The highest BCUT2D eigenvalue weighted by atomic mass is 15.0. The minimum atomic E-state index is 0.450. The fourth-order valence-electron chi connectivity index (χ4n) is 1.54. The lowest BCUT2D eigenvalue weighted by molar-refractivity contribution is 0.615. The topological polar surface area (TPSA) is 37.8 Å². The van der Waals surface area contributed by atoms with Crippen LogP contribution >= 0.6 is 0 Å². The molecule has 0 saturated carbocycles. The number of anilines is 1. The van der Waals surface area contributed by atoms with Crippen LogP contribution in [0.1, 0.15) is 52.1 Å². The van der Waals surface area contributed by atoms with Crippen LogP contribution in [0.5, 0.6) is 0 Å². The van der Waals surface area contributed by atoms with E-state index >= 15 is 0 Å². The van der Waals surface area contributed by atoms with Gasteiger partial charge in [-0.1, -0.05) is 27.7 Å². The maximum atomic E-state index is 4.60. The summed E-state index contributed by atoms with van der Waals surface area (Å²) in [6.07, 6.45) is 0.943. The molecule has 3 nitrogen and oxygen atoms in total. The average molecular weight is 221 g/mol. The van der Waals surface area contributed by atoms with Gasteiger partial charge < -0.3 is 5.32 Å². The van der Waals surface area contributed by atoms with E-state index in [1.165, 1.54) is 0 Å². The Morgan fingerprint density at radius 3 is 2.38 bits per heavy atom. The minimum Gasteiger partial charge on any atom is -0.370 e. The molecule has 1 aromatic heterocycles. The van der Waals surface area contributed by atoms with Gasteiger partial charge in [0.1, 0.15) is 11.6 Å². The highest BCUT2D eigenvalue weighted by Crippen LogP contribution is 2.16. The maximum Gasteiger partial charge on any atom is 0.131 e. The van der Waals surface area contributed by atoms with E-state index in [1.54, 1.807) is 0 Å². The molecule has 1 rings (SSSR count). The number of hydrogen-bond donors (Lipinski definition) is 1. The van der Waals surface area contributed by atoms with E-state index in [-0.39, 0.29) is 0 Å². The highest BCUT2D eigenvalue weighted by Gasteiger charge is 2.08. The Hall–Kier alpha value is -1.12. The summed E-state index contributed by atoms with van der Waals surface area (Å²) < 4.78 is 0. The third kappa shape index (κ3) is 3.80. The predicted octanol–water partition coefficient (Wildman–Crippen LogP) is 3.23. The van der Waals surface area contributed by atoms with E-state index in [4.69, 9.17) is 0 Å². The standard InChI is InChI=1S/C13H23N3/c1-6-14-12-8-11(10(4)5)15-13(16-12)7-9(2)3/h8-10H,6-7H2,1-5H3,(H,14,15,16). The number of hydrogen-bond acceptors (Lipinski definition) is 3. The van der Waals surface area contributed by atoms with Crippen molar-refractivity contribution in [1.82, 2.24) is 9.97 Å². The van der Waals surface area contributed by atoms with Crippen molar-refractivity contribution in [1.29, 1.82) is 0 Å². The summed E-state index contributed by atoms with van der Waals surface area (Å²) in [6.45, 7) is 11.7. The van der Waals surface area contributed by atoms with Crippen molar-refractivity contribution in [2.75, 3.05) is 11.9 Å². The normalized spacial score (nSPS) is 11.2. The molecule has 0 amide bonds. The molecule has 0 atom stereocenters. The van der Waals surface area contributed by atoms with E-state index in [1.807, 2.05) is 0 Å². The summed E-state index contributed by atoms with van der Waals surface area (Å²) >= 11 is 0. The lowest BCUT2D eigenvalue weighted by Crippen LogP contribution is -2.08. The third-order valence-corrected chi connectivity index (χ3v) is 2.33. The molecule has 0 fully saturated rings. The predicted molar refractivity (Wildman–Crippen MR) is 68.8 cm³/mol. The molecule has 90 valence electrons. The molecule has 0 aliphatic rings. The molecule has 1 N–H and O–H groups in total. The highest BCUT2D eigenvalue weighted by molar-refractivity contribution is 5.36. The number of nitrogens with one attached hydrogen (secondary N) is 1. The van der Waals surface area contributed by atoms with Crippen LogP contribution in [0.2, 0.25) is 0 Å². The second-order valence-corrected chi connectivity index (χ2v) is 4.88. The minimum absolute atomic E-state index is 0.450. The molecule has 0 unspecified atom stereocenters. The summed E-state index contributed by atoms with van der Waals surface area (Å²) in [4.78, 5) is 9.13. The van der Waals surface area contributed by atoms with Crippen molar-refractivity contribution in [2.45, 2.75) is 47.0 Å². The van der Waals surface area contributed by atoms with Crippen LogP contribution < -0.4 is 5.32 Å². The number of aromatic nitrogens is 2. The van der Waals surface area contributed by atoms with Gasteiger partial charge in [0, 0.05) is 24.7 Å². The second kappa shape index (κ2) is 5.83. The average Bonchev–Trinajstić information content (AvgIpc) is 2.16. The van der Waals surface area contributed by atoms with Crippen LogP contribution in [0.4, 0.5) is 5.82 Å². The zero-order valence-corrected chi connectivity index (χ0v) is 11.0. The smallest absolute Gasteiger partial charge is 0.131 e. The molecule has 1 heterocycles. The fraction of sp³-hybridized carbons (Fsp3) is 0.692. The number of rotatable bonds is 5. The molecule has 1 aromatic rings. The van der Waals surface area contributed by atoms with Crippen molar-refractivity contribution < 1.29 is 0 Å². The molecular formula is C13H23N3. The Morgan fingerprint density at radius 1 is 1.19 bits per heavy atom. The van der Waals surface area contributed by atoms with Gasteiger partial charge in [-0.15, -0.1) is 0 Å². The first-order valence-electron chi connectivity index (χ1n) is 6.14. The van der Waals surface area contributed by atoms with Crippen LogP contribution in [-0.4, -0.2) is 16.5 Å². The first-order chi connectivity index (χ1) is 7.52. The van der Waals surface area contributed by atoms with Crippen LogP contribution in [0.25, 0.3) is 0 Å². The van der Waals surface area contributed by atoms with Crippen molar-refractivity contribution in [2.24, 2.45) is 5.92 Å². The molecule has 3 heteroatoms. The molecule has 0 saturated heterocycles. The maximum absolute atomic E-state index is 4.60. The van der Waals surface area contributed by atoms with Gasteiger partial charge in [-0.25, -0.2) is 9.97 Å². The van der Waals surface area contributed by atoms with Gasteiger partial charge in [0.15, 0.2) is 0 Å². The van der Waals surface area contributed by atoms with E-state index in [9.17, 15) is 0 Å². The van der Waals surface area contributed by atoms with E-state index in [0.717, 1.165) is 30.3 Å². The molecule has 0 aliphatic heterocycles. The van der Waals surface area contributed by atoms with Crippen LogP contribution in [-0.2, 0) is 6.42 Å². The molecule has 0 spiro atoms. The largest absolute Gasteiger partial charge is 0.370 e. The Labute approximate surface area is 98.7 Å². The van der Waals surface area contributed by atoms with Crippen molar-refractivity contribution in [3.05, 3.63) is 17.6 Å². The summed E-state index contributed by atoms with van der Waals surface area (Å²) in [5, 5.41) is 3.27. The van der Waals surface area contributed by atoms with E-state index in [2.05, 4.69) is 56.0 Å². The molecular weight excluding hydrogens is 198 g/mol. The van der Waals surface area contributed by atoms with Gasteiger partial charge in [0.05, 0.1) is 0 Å². The van der Waals surface area contributed by atoms with E-state index in [0.29, 0.717) is 11.8 Å². The zero-order valence-electron chi connectivity index (χ0n) is 11.0. The lowest BCUT2D eigenvalue weighted by Gasteiger charge is -2.12. The van der Waals surface area contributed by atoms with Crippen LogP contribution in [0.15, 0.2) is 6.07 Å². The zero-order chi connectivity index (χ0) is 12.1. The van der Waals surface area contributed by atoms with Crippen molar-refractivity contribution >= 4 is 5.82 Å². The molecule has 0 radical (unpaired) electrons. The fourth-order valence-corrected chi connectivity index (χ4v) is 1.54. The van der Waals surface area contributed by atoms with Gasteiger partial charge in [-0.05, 0) is 18.8 Å². The Morgan fingerprint density at radius 2 is 1.88 bits per heavy atom.